The maximum Gasteiger partial charge on any atom is 0.220 e. The van der Waals surface area contributed by atoms with Gasteiger partial charge in [-0.2, -0.15) is 0 Å². The van der Waals surface area contributed by atoms with Gasteiger partial charge in [0.2, 0.25) is 5.91 Å². The average Bonchev–Trinajstić information content (AvgIpc) is 2.61. The molecule has 4 nitrogen and oxygen atoms in total. The quantitative estimate of drug-likeness (QED) is 0.784. The molecule has 0 saturated heterocycles. The molecule has 2 aromatic carbocycles. The number of aliphatic hydroxyl groups excluding tert-OH is 1. The van der Waals surface area contributed by atoms with Crippen LogP contribution in [0.5, 0.6) is 5.75 Å². The number of carbonyl (C=O) groups is 1. The zero-order valence-electron chi connectivity index (χ0n) is 14.2. The van der Waals surface area contributed by atoms with Gasteiger partial charge in [0, 0.05) is 19.4 Å². The maximum absolute atomic E-state index is 12.1. The average molecular weight is 327 g/mol. The van der Waals surface area contributed by atoms with Gasteiger partial charge < -0.3 is 15.2 Å². The lowest BCUT2D eigenvalue weighted by atomic mass is 9.97. The van der Waals surface area contributed by atoms with Gasteiger partial charge in [-0.05, 0) is 29.2 Å². The second-order valence-electron chi connectivity index (χ2n) is 6.03. The highest BCUT2D eigenvalue weighted by molar-refractivity contribution is 5.76. The van der Waals surface area contributed by atoms with Crippen molar-refractivity contribution >= 4 is 5.91 Å². The highest BCUT2D eigenvalue weighted by Gasteiger charge is 2.13. The number of nitrogens with one attached hydrogen (secondary N) is 1. The van der Waals surface area contributed by atoms with Gasteiger partial charge in [-0.25, -0.2) is 0 Å². The van der Waals surface area contributed by atoms with Gasteiger partial charge in [0.25, 0.3) is 0 Å². The Morgan fingerprint density at radius 1 is 1.17 bits per heavy atom. The van der Waals surface area contributed by atoms with Crippen molar-refractivity contribution in [2.24, 2.45) is 0 Å². The Morgan fingerprint density at radius 2 is 1.92 bits per heavy atom. The number of amides is 1. The van der Waals surface area contributed by atoms with E-state index < -0.39 is 6.10 Å². The minimum atomic E-state index is -0.580. The van der Waals surface area contributed by atoms with Crippen LogP contribution in [0, 0.1) is 0 Å². The minimum Gasteiger partial charge on any atom is -0.497 e. The van der Waals surface area contributed by atoms with Crippen LogP contribution in [0.4, 0.5) is 0 Å². The number of hydrogen-bond acceptors (Lipinski definition) is 3. The number of benzene rings is 2. The Labute approximate surface area is 143 Å². The smallest absolute Gasteiger partial charge is 0.220 e. The van der Waals surface area contributed by atoms with Crippen LogP contribution >= 0.6 is 0 Å². The Balaban J connectivity index is 1.78. The fourth-order valence-corrected chi connectivity index (χ4v) is 2.61. The van der Waals surface area contributed by atoms with Crippen molar-refractivity contribution in [2.45, 2.75) is 31.8 Å². The van der Waals surface area contributed by atoms with Crippen molar-refractivity contribution in [1.82, 2.24) is 5.32 Å². The summed E-state index contributed by atoms with van der Waals surface area (Å²) in [5.41, 5.74) is 2.12. The van der Waals surface area contributed by atoms with E-state index in [2.05, 4.69) is 5.32 Å². The molecule has 0 heterocycles. The summed E-state index contributed by atoms with van der Waals surface area (Å²) in [6, 6.07) is 17.5. The zero-order chi connectivity index (χ0) is 17.4. The number of carbonyl (C=O) groups excluding carboxylic acids is 1. The SMILES string of the molecule is COc1cccc(C(C)CC(=O)NCC(O)Cc2ccccc2)c1. The van der Waals surface area contributed by atoms with Crippen LogP contribution in [0.2, 0.25) is 0 Å². The zero-order valence-corrected chi connectivity index (χ0v) is 14.2. The molecule has 4 heteroatoms. The normalized spacial score (nSPS) is 13.1. The maximum atomic E-state index is 12.1. The van der Waals surface area contributed by atoms with Crippen LogP contribution in [-0.2, 0) is 11.2 Å². The first-order valence-electron chi connectivity index (χ1n) is 8.21. The van der Waals surface area contributed by atoms with Crippen molar-refractivity contribution in [3.05, 3.63) is 65.7 Å². The van der Waals surface area contributed by atoms with E-state index in [0.717, 1.165) is 16.9 Å². The van der Waals surface area contributed by atoms with E-state index in [4.69, 9.17) is 4.74 Å². The molecule has 2 N–H and O–H groups in total. The van der Waals surface area contributed by atoms with Crippen LogP contribution in [0.15, 0.2) is 54.6 Å². The molecule has 0 aliphatic rings. The molecule has 0 radical (unpaired) electrons. The molecule has 0 saturated carbocycles. The van der Waals surface area contributed by atoms with Crippen LogP contribution in [0.3, 0.4) is 0 Å². The van der Waals surface area contributed by atoms with Gasteiger partial charge in [-0.1, -0.05) is 49.4 Å². The van der Waals surface area contributed by atoms with E-state index >= 15 is 0 Å². The fourth-order valence-electron chi connectivity index (χ4n) is 2.61. The van der Waals surface area contributed by atoms with Gasteiger partial charge in [-0.3, -0.25) is 4.79 Å². The van der Waals surface area contributed by atoms with E-state index in [1.807, 2.05) is 61.5 Å². The second kappa shape index (κ2) is 9.08. The molecular weight excluding hydrogens is 302 g/mol. The van der Waals surface area contributed by atoms with Crippen molar-refractivity contribution in [1.29, 1.82) is 0 Å². The fraction of sp³-hybridized carbons (Fsp3) is 0.350. The molecule has 0 aromatic heterocycles. The molecule has 128 valence electrons. The van der Waals surface area contributed by atoms with Crippen LogP contribution < -0.4 is 10.1 Å². The first kappa shape index (κ1) is 18.0. The number of hydrogen-bond donors (Lipinski definition) is 2. The molecule has 24 heavy (non-hydrogen) atoms. The lowest BCUT2D eigenvalue weighted by Crippen LogP contribution is -2.33. The van der Waals surface area contributed by atoms with Gasteiger partial charge in [0.1, 0.15) is 5.75 Å². The highest BCUT2D eigenvalue weighted by atomic mass is 16.5. The van der Waals surface area contributed by atoms with E-state index in [1.54, 1.807) is 7.11 Å². The van der Waals surface area contributed by atoms with Crippen LogP contribution in [-0.4, -0.2) is 30.8 Å². The lowest BCUT2D eigenvalue weighted by Gasteiger charge is -2.15. The molecule has 0 aliphatic heterocycles. The third kappa shape index (κ3) is 5.70. The summed E-state index contributed by atoms with van der Waals surface area (Å²) in [4.78, 5) is 12.1. The Morgan fingerprint density at radius 3 is 2.62 bits per heavy atom. The summed E-state index contributed by atoms with van der Waals surface area (Å²) in [7, 11) is 1.63. The molecule has 2 unspecified atom stereocenters. The second-order valence-corrected chi connectivity index (χ2v) is 6.03. The predicted molar refractivity (Wildman–Crippen MR) is 95.2 cm³/mol. The standard InChI is InChI=1S/C20H25NO3/c1-15(17-9-6-10-19(13-17)24-2)11-20(23)21-14-18(22)12-16-7-4-3-5-8-16/h3-10,13,15,18,22H,11-12,14H2,1-2H3,(H,21,23). The van der Waals surface area contributed by atoms with Gasteiger partial charge in [-0.15, -0.1) is 0 Å². The molecule has 0 fully saturated rings. The third-order valence-electron chi connectivity index (χ3n) is 4.00. The largest absolute Gasteiger partial charge is 0.497 e. The Kier molecular flexibility index (Phi) is 6.82. The molecule has 2 atom stereocenters. The summed E-state index contributed by atoms with van der Waals surface area (Å²) in [6.07, 6.45) is 0.334. The summed E-state index contributed by atoms with van der Waals surface area (Å²) < 4.78 is 5.21. The minimum absolute atomic E-state index is 0.0579. The first-order valence-corrected chi connectivity index (χ1v) is 8.21. The first-order chi connectivity index (χ1) is 11.6. The topological polar surface area (TPSA) is 58.6 Å². The summed E-state index contributed by atoms with van der Waals surface area (Å²) in [5.74, 6) is 0.821. The van der Waals surface area contributed by atoms with Crippen molar-refractivity contribution in [3.63, 3.8) is 0 Å². The summed E-state index contributed by atoms with van der Waals surface area (Å²) in [5, 5.41) is 12.9. The van der Waals surface area contributed by atoms with E-state index in [0.29, 0.717) is 12.8 Å². The number of methoxy groups -OCH3 is 1. The predicted octanol–water partition coefficient (Wildman–Crippen LogP) is 2.91. The Bertz CT molecular complexity index is 642. The molecule has 0 bridgehead atoms. The molecule has 2 rings (SSSR count). The summed E-state index contributed by atoms with van der Waals surface area (Å²) in [6.45, 7) is 2.27. The highest BCUT2D eigenvalue weighted by Crippen LogP contribution is 2.23. The monoisotopic (exact) mass is 327 g/mol. The van der Waals surface area contributed by atoms with Crippen molar-refractivity contribution in [2.75, 3.05) is 13.7 Å². The number of aliphatic hydroxyl groups is 1. The molecular formula is C20H25NO3. The number of rotatable bonds is 8. The van der Waals surface area contributed by atoms with Gasteiger partial charge in [0.05, 0.1) is 13.2 Å². The van der Waals surface area contributed by atoms with Gasteiger partial charge >= 0.3 is 0 Å². The number of ether oxygens (including phenoxy) is 1. The lowest BCUT2D eigenvalue weighted by molar-refractivity contribution is -0.121. The van der Waals surface area contributed by atoms with E-state index in [-0.39, 0.29) is 18.4 Å². The molecule has 0 aliphatic carbocycles. The summed E-state index contributed by atoms with van der Waals surface area (Å²) >= 11 is 0. The Hall–Kier alpha value is -2.33. The van der Waals surface area contributed by atoms with E-state index in [9.17, 15) is 9.90 Å². The third-order valence-corrected chi connectivity index (χ3v) is 4.00. The van der Waals surface area contributed by atoms with Crippen molar-refractivity contribution < 1.29 is 14.6 Å². The van der Waals surface area contributed by atoms with Crippen LogP contribution in [0.25, 0.3) is 0 Å². The van der Waals surface area contributed by atoms with E-state index in [1.165, 1.54) is 0 Å². The van der Waals surface area contributed by atoms with Crippen LogP contribution in [0.1, 0.15) is 30.4 Å². The van der Waals surface area contributed by atoms with Crippen molar-refractivity contribution in [3.8, 4) is 5.75 Å². The molecule has 0 spiro atoms. The molecule has 1 amide bonds. The van der Waals surface area contributed by atoms with Gasteiger partial charge in [0.15, 0.2) is 0 Å². The molecule has 2 aromatic rings.